The molecule has 33 heavy (non-hydrogen) atoms. The fourth-order valence-electron chi connectivity index (χ4n) is 2.99. The second kappa shape index (κ2) is 12.2. The SMILES string of the molecule is NC(=O)[C@H](O)CC(=O)N[C@H](Cc1ccccc1)C(=O)N[C@@H](Cc1ccc(Cl)cc1Cl)C(N)=O. The molecule has 11 heteroatoms. The number of nitrogens with one attached hydrogen (secondary N) is 2. The molecule has 2 rings (SSSR count). The summed E-state index contributed by atoms with van der Waals surface area (Å²) in [5, 5.41) is 15.3. The molecule has 0 aliphatic heterocycles. The van der Waals surface area contributed by atoms with E-state index in [1.54, 1.807) is 42.5 Å². The van der Waals surface area contributed by atoms with Gasteiger partial charge >= 0.3 is 0 Å². The van der Waals surface area contributed by atoms with Gasteiger partial charge in [0, 0.05) is 22.9 Å². The van der Waals surface area contributed by atoms with Crippen molar-refractivity contribution in [1.29, 1.82) is 0 Å². The zero-order chi connectivity index (χ0) is 24.5. The lowest BCUT2D eigenvalue weighted by molar-refractivity contribution is -0.134. The van der Waals surface area contributed by atoms with E-state index in [1.807, 2.05) is 0 Å². The van der Waals surface area contributed by atoms with Gasteiger partial charge in [-0.25, -0.2) is 0 Å². The molecule has 0 fully saturated rings. The Morgan fingerprint density at radius 2 is 1.55 bits per heavy atom. The minimum atomic E-state index is -1.70. The van der Waals surface area contributed by atoms with E-state index >= 15 is 0 Å². The van der Waals surface area contributed by atoms with Crippen molar-refractivity contribution >= 4 is 46.8 Å². The van der Waals surface area contributed by atoms with Crippen LogP contribution in [0.5, 0.6) is 0 Å². The van der Waals surface area contributed by atoms with Gasteiger partial charge in [0.25, 0.3) is 0 Å². The molecule has 0 unspecified atom stereocenters. The van der Waals surface area contributed by atoms with Crippen LogP contribution in [-0.2, 0) is 32.0 Å². The number of benzene rings is 2. The number of amides is 4. The van der Waals surface area contributed by atoms with E-state index < -0.39 is 48.2 Å². The van der Waals surface area contributed by atoms with E-state index in [2.05, 4.69) is 10.6 Å². The third-order valence-corrected chi connectivity index (χ3v) is 5.33. The molecule has 0 aliphatic carbocycles. The molecule has 0 radical (unpaired) electrons. The Labute approximate surface area is 200 Å². The second-order valence-corrected chi connectivity index (χ2v) is 8.18. The van der Waals surface area contributed by atoms with Gasteiger partial charge in [-0.1, -0.05) is 59.6 Å². The lowest BCUT2D eigenvalue weighted by Gasteiger charge is -2.23. The van der Waals surface area contributed by atoms with E-state index in [-0.39, 0.29) is 12.8 Å². The Balaban J connectivity index is 2.18. The first-order chi connectivity index (χ1) is 15.6. The van der Waals surface area contributed by atoms with Crippen LogP contribution in [0.2, 0.25) is 10.0 Å². The number of hydrogen-bond acceptors (Lipinski definition) is 5. The summed E-state index contributed by atoms with van der Waals surface area (Å²) in [4.78, 5) is 48.3. The van der Waals surface area contributed by atoms with Crippen LogP contribution in [-0.4, -0.2) is 46.9 Å². The average molecular weight is 495 g/mol. The number of carbonyl (C=O) groups excluding carboxylic acids is 4. The van der Waals surface area contributed by atoms with Crippen LogP contribution in [0.1, 0.15) is 17.5 Å². The van der Waals surface area contributed by atoms with Gasteiger partial charge in [-0.2, -0.15) is 0 Å². The van der Waals surface area contributed by atoms with Gasteiger partial charge in [0.15, 0.2) is 0 Å². The summed E-state index contributed by atoms with van der Waals surface area (Å²) in [5.41, 5.74) is 11.7. The largest absolute Gasteiger partial charge is 0.383 e. The topological polar surface area (TPSA) is 165 Å². The third kappa shape index (κ3) is 8.38. The molecular weight excluding hydrogens is 471 g/mol. The second-order valence-electron chi connectivity index (χ2n) is 7.34. The van der Waals surface area contributed by atoms with Gasteiger partial charge in [-0.15, -0.1) is 0 Å². The Bertz CT molecular complexity index is 1020. The smallest absolute Gasteiger partial charge is 0.246 e. The van der Waals surface area contributed by atoms with E-state index in [1.165, 1.54) is 6.07 Å². The molecule has 176 valence electrons. The lowest BCUT2D eigenvalue weighted by atomic mass is 10.0. The Kier molecular flexibility index (Phi) is 9.65. The molecule has 0 heterocycles. The lowest BCUT2D eigenvalue weighted by Crippen LogP contribution is -2.54. The summed E-state index contributed by atoms with van der Waals surface area (Å²) < 4.78 is 0. The van der Waals surface area contributed by atoms with Crippen LogP contribution in [0.4, 0.5) is 0 Å². The zero-order valence-corrected chi connectivity index (χ0v) is 19.0. The number of rotatable bonds is 11. The van der Waals surface area contributed by atoms with Gasteiger partial charge in [0.05, 0.1) is 6.42 Å². The van der Waals surface area contributed by atoms with Gasteiger partial charge in [-0.05, 0) is 23.3 Å². The van der Waals surface area contributed by atoms with Gasteiger partial charge in [-0.3, -0.25) is 19.2 Å². The summed E-state index contributed by atoms with van der Waals surface area (Å²) in [6.07, 6.45) is -2.23. The van der Waals surface area contributed by atoms with E-state index in [0.29, 0.717) is 15.6 Å². The maximum Gasteiger partial charge on any atom is 0.246 e. The normalized spacial score (nSPS) is 13.4. The predicted octanol–water partition coefficient (Wildman–Crippen LogP) is 0.470. The molecule has 0 aliphatic rings. The number of primary amides is 2. The van der Waals surface area contributed by atoms with Crippen molar-refractivity contribution in [2.24, 2.45) is 11.5 Å². The van der Waals surface area contributed by atoms with Gasteiger partial charge in [0.1, 0.15) is 18.2 Å². The van der Waals surface area contributed by atoms with Crippen molar-refractivity contribution in [2.45, 2.75) is 37.5 Å². The highest BCUT2D eigenvalue weighted by Crippen LogP contribution is 2.22. The summed E-state index contributed by atoms with van der Waals surface area (Å²) in [6, 6.07) is 11.3. The van der Waals surface area contributed by atoms with Gasteiger partial charge < -0.3 is 27.2 Å². The maximum absolute atomic E-state index is 13.0. The average Bonchev–Trinajstić information content (AvgIpc) is 2.74. The molecule has 7 N–H and O–H groups in total. The highest BCUT2D eigenvalue weighted by atomic mass is 35.5. The molecule has 4 amide bonds. The van der Waals surface area contributed by atoms with E-state index in [0.717, 1.165) is 5.56 Å². The van der Waals surface area contributed by atoms with Crippen LogP contribution in [0.3, 0.4) is 0 Å². The number of aliphatic hydroxyl groups is 1. The number of hydrogen-bond donors (Lipinski definition) is 5. The highest BCUT2D eigenvalue weighted by molar-refractivity contribution is 6.35. The Morgan fingerprint density at radius 1 is 0.879 bits per heavy atom. The predicted molar refractivity (Wildman–Crippen MR) is 123 cm³/mol. The number of halogens is 2. The van der Waals surface area contributed by atoms with Crippen molar-refractivity contribution < 1.29 is 24.3 Å². The van der Waals surface area contributed by atoms with Crippen molar-refractivity contribution in [3.05, 3.63) is 69.7 Å². The minimum Gasteiger partial charge on any atom is -0.383 e. The van der Waals surface area contributed by atoms with Crippen LogP contribution in [0.25, 0.3) is 0 Å². The third-order valence-electron chi connectivity index (χ3n) is 4.74. The first kappa shape index (κ1) is 26.1. The summed E-state index contributed by atoms with van der Waals surface area (Å²) in [5.74, 6) is -3.32. The molecule has 0 aromatic heterocycles. The van der Waals surface area contributed by atoms with Crippen molar-refractivity contribution in [3.63, 3.8) is 0 Å². The molecular formula is C22H24Cl2N4O5. The monoisotopic (exact) mass is 494 g/mol. The molecule has 0 saturated carbocycles. The van der Waals surface area contributed by atoms with Gasteiger partial charge in [0.2, 0.25) is 23.6 Å². The molecule has 0 bridgehead atoms. The summed E-state index contributed by atoms with van der Waals surface area (Å²) in [6.45, 7) is 0. The van der Waals surface area contributed by atoms with Crippen molar-refractivity contribution in [2.75, 3.05) is 0 Å². The molecule has 2 aromatic carbocycles. The first-order valence-corrected chi connectivity index (χ1v) is 10.7. The fraction of sp³-hybridized carbons (Fsp3) is 0.273. The minimum absolute atomic E-state index is 0.00344. The van der Waals surface area contributed by atoms with Crippen LogP contribution < -0.4 is 22.1 Å². The molecule has 0 saturated heterocycles. The van der Waals surface area contributed by atoms with E-state index in [4.69, 9.17) is 34.7 Å². The van der Waals surface area contributed by atoms with Crippen LogP contribution in [0.15, 0.2) is 48.5 Å². The number of nitrogens with two attached hydrogens (primary N) is 2. The number of carbonyl (C=O) groups is 4. The van der Waals surface area contributed by atoms with Crippen molar-refractivity contribution in [1.82, 2.24) is 10.6 Å². The molecule has 2 aromatic rings. The standard InChI is InChI=1S/C22H24Cl2N4O5/c23-14-7-6-13(15(24)10-14)9-16(20(25)31)28-22(33)17(8-12-4-2-1-3-5-12)27-19(30)11-18(29)21(26)32/h1-7,10,16-18,29H,8-9,11H2,(H2,25,31)(H2,26,32)(H,27,30)(H,28,33)/t16-,17+,18+/m0/s1. The van der Waals surface area contributed by atoms with E-state index in [9.17, 15) is 24.3 Å². The highest BCUT2D eigenvalue weighted by Gasteiger charge is 2.28. The molecule has 3 atom stereocenters. The van der Waals surface area contributed by atoms with Crippen LogP contribution >= 0.6 is 23.2 Å². The number of aliphatic hydroxyl groups excluding tert-OH is 1. The maximum atomic E-state index is 13.0. The Morgan fingerprint density at radius 3 is 2.12 bits per heavy atom. The summed E-state index contributed by atoms with van der Waals surface area (Å²) in [7, 11) is 0. The molecule has 0 spiro atoms. The van der Waals surface area contributed by atoms with Crippen LogP contribution in [0, 0.1) is 0 Å². The first-order valence-electron chi connectivity index (χ1n) is 9.91. The summed E-state index contributed by atoms with van der Waals surface area (Å²) >= 11 is 12.0. The van der Waals surface area contributed by atoms with Crippen molar-refractivity contribution in [3.8, 4) is 0 Å². The fourth-order valence-corrected chi connectivity index (χ4v) is 3.48. The Hall–Kier alpha value is -3.14. The quantitative estimate of drug-likeness (QED) is 0.305. The molecule has 9 nitrogen and oxygen atoms in total. The zero-order valence-electron chi connectivity index (χ0n) is 17.5.